The van der Waals surface area contributed by atoms with Gasteiger partial charge < -0.3 is 5.11 Å². The number of rotatable bonds is 10. The van der Waals surface area contributed by atoms with Crippen molar-refractivity contribution < 1.29 is 19.5 Å². The molecule has 0 aromatic rings. The molecule has 0 saturated carbocycles. The van der Waals surface area contributed by atoms with Crippen molar-refractivity contribution in [1.29, 1.82) is 0 Å². The molecule has 25 heavy (non-hydrogen) atoms. The molecule has 1 aliphatic rings. The van der Waals surface area contributed by atoms with E-state index < -0.39 is 29.4 Å². The molecule has 1 heterocycles. The van der Waals surface area contributed by atoms with Gasteiger partial charge in [-0.3, -0.25) is 19.3 Å². The molecule has 1 rings (SSSR count). The smallest absolute Gasteiger partial charge is 0.253 e. The Labute approximate surface area is 150 Å². The summed E-state index contributed by atoms with van der Waals surface area (Å²) in [6.07, 6.45) is 10.1. The minimum atomic E-state index is -0.791. The Kier molecular flexibility index (Phi) is 8.59. The van der Waals surface area contributed by atoms with E-state index in [0.717, 1.165) is 24.2 Å². The van der Waals surface area contributed by atoms with E-state index in [0.29, 0.717) is 6.42 Å². The van der Waals surface area contributed by atoms with Gasteiger partial charge in [0.05, 0.1) is 0 Å². The van der Waals surface area contributed by atoms with Crippen molar-refractivity contribution in [2.75, 3.05) is 0 Å². The topological polar surface area (TPSA) is 74.7 Å². The van der Waals surface area contributed by atoms with Crippen molar-refractivity contribution in [2.45, 2.75) is 78.7 Å². The lowest BCUT2D eigenvalue weighted by Crippen LogP contribution is -2.39. The second-order valence-corrected chi connectivity index (χ2v) is 7.08. The number of unbranched alkanes of at least 4 members (excludes halogenated alkanes) is 5. The summed E-state index contributed by atoms with van der Waals surface area (Å²) in [5, 5.41) is 10.3. The molecule has 0 radical (unpaired) electrons. The molecule has 1 N–H and O–H groups in total. The van der Waals surface area contributed by atoms with E-state index >= 15 is 0 Å². The highest BCUT2D eigenvalue weighted by molar-refractivity contribution is 6.24. The van der Waals surface area contributed by atoms with Gasteiger partial charge in [0, 0.05) is 0 Å². The lowest BCUT2D eigenvalue weighted by atomic mass is 9.97. The fourth-order valence-corrected chi connectivity index (χ4v) is 3.04. The summed E-state index contributed by atoms with van der Waals surface area (Å²) in [5.41, 5.74) is -0.257. The number of amides is 1. The van der Waals surface area contributed by atoms with E-state index in [4.69, 9.17) is 0 Å². The number of carbonyl (C=O) groups excluding carboxylic acids is 3. The van der Waals surface area contributed by atoms with Crippen molar-refractivity contribution >= 4 is 17.5 Å². The summed E-state index contributed by atoms with van der Waals surface area (Å²) in [4.78, 5) is 37.6. The van der Waals surface area contributed by atoms with Gasteiger partial charge in [-0.2, -0.15) is 0 Å². The van der Waals surface area contributed by atoms with Crippen molar-refractivity contribution in [3.05, 3.63) is 23.6 Å². The minimum absolute atomic E-state index is 0.158. The number of carbonyl (C=O) groups is 3. The van der Waals surface area contributed by atoms with Gasteiger partial charge in [0.2, 0.25) is 5.88 Å². The average molecular weight is 349 g/mol. The first-order valence-electron chi connectivity index (χ1n) is 9.29. The first-order valence-corrected chi connectivity index (χ1v) is 9.29. The zero-order chi connectivity index (χ0) is 19.0. The summed E-state index contributed by atoms with van der Waals surface area (Å²) >= 11 is 0. The highest BCUT2D eigenvalue weighted by Crippen LogP contribution is 2.29. The van der Waals surface area contributed by atoms with Gasteiger partial charge in [-0.1, -0.05) is 52.5 Å². The first kappa shape index (κ1) is 21.1. The lowest BCUT2D eigenvalue weighted by Gasteiger charge is -2.23. The molecule has 1 aliphatic heterocycles. The quantitative estimate of drug-likeness (QED) is 0.366. The zero-order valence-corrected chi connectivity index (χ0v) is 15.9. The molecule has 5 heteroatoms. The number of allylic oxidation sites excluding steroid dienone is 1. The van der Waals surface area contributed by atoms with Crippen molar-refractivity contribution in [3.8, 4) is 0 Å². The number of nitrogens with zero attached hydrogens (tertiary/aromatic N) is 1. The maximum Gasteiger partial charge on any atom is 0.253 e. The summed E-state index contributed by atoms with van der Waals surface area (Å²) < 4.78 is 0. The van der Waals surface area contributed by atoms with Crippen molar-refractivity contribution in [1.82, 2.24) is 4.90 Å². The van der Waals surface area contributed by atoms with Crippen LogP contribution in [0.4, 0.5) is 0 Å². The number of aliphatic hydroxyl groups is 1. The van der Waals surface area contributed by atoms with E-state index in [2.05, 4.69) is 6.92 Å². The van der Waals surface area contributed by atoms with Gasteiger partial charge in [0.25, 0.3) is 5.91 Å². The predicted octanol–water partition coefficient (Wildman–Crippen LogP) is 4.09. The van der Waals surface area contributed by atoms with E-state index in [1.807, 2.05) is 13.8 Å². The van der Waals surface area contributed by atoms with Crippen LogP contribution in [0.1, 0.15) is 72.6 Å². The molecule has 0 aliphatic carbocycles. The van der Waals surface area contributed by atoms with Gasteiger partial charge in [-0.25, -0.2) is 0 Å². The van der Waals surface area contributed by atoms with Crippen molar-refractivity contribution in [3.63, 3.8) is 0 Å². The van der Waals surface area contributed by atoms with Gasteiger partial charge in [0.1, 0.15) is 11.6 Å². The Hall–Kier alpha value is -1.91. The van der Waals surface area contributed by atoms with Crippen LogP contribution in [-0.2, 0) is 14.4 Å². The zero-order valence-electron chi connectivity index (χ0n) is 15.9. The summed E-state index contributed by atoms with van der Waals surface area (Å²) in [6, 6.07) is -0.791. The molecule has 0 fully saturated rings. The fourth-order valence-electron chi connectivity index (χ4n) is 3.04. The fraction of sp³-hybridized carbons (Fsp3) is 0.650. The van der Waals surface area contributed by atoms with Crippen LogP contribution >= 0.6 is 0 Å². The van der Waals surface area contributed by atoms with Crippen LogP contribution in [0.3, 0.4) is 0 Å². The predicted molar refractivity (Wildman–Crippen MR) is 97.9 cm³/mol. The van der Waals surface area contributed by atoms with Crippen LogP contribution < -0.4 is 0 Å². The Bertz CT molecular complexity index is 560. The Morgan fingerprint density at radius 2 is 1.84 bits per heavy atom. The minimum Gasteiger partial charge on any atom is -0.494 e. The van der Waals surface area contributed by atoms with Crippen LogP contribution in [0, 0.1) is 5.92 Å². The van der Waals surface area contributed by atoms with Crippen molar-refractivity contribution in [2.24, 2.45) is 5.92 Å². The number of hydrogen-bond acceptors (Lipinski definition) is 4. The molecule has 0 spiro atoms. The van der Waals surface area contributed by atoms with Gasteiger partial charge >= 0.3 is 0 Å². The summed E-state index contributed by atoms with van der Waals surface area (Å²) in [7, 11) is 0. The first-order chi connectivity index (χ1) is 11.8. The molecule has 0 aromatic carbocycles. The third-order valence-electron chi connectivity index (χ3n) is 4.33. The van der Waals surface area contributed by atoms with Gasteiger partial charge in [-0.05, 0) is 38.2 Å². The molecule has 140 valence electrons. The van der Waals surface area contributed by atoms with E-state index in [9.17, 15) is 19.5 Å². The van der Waals surface area contributed by atoms with Crippen LogP contribution in [-0.4, -0.2) is 33.5 Å². The maximum absolute atomic E-state index is 12.5. The standard InChI is InChI=1S/C20H31NO4/c1-5-6-7-8-9-10-11-12-17(23)21-16(13-14(2)3)19(24)18(15(4)22)20(21)25/h11-12,14,16,25H,5-10,13H2,1-4H3/b12-11+. The highest BCUT2D eigenvalue weighted by atomic mass is 16.3. The third-order valence-corrected chi connectivity index (χ3v) is 4.33. The van der Waals surface area contributed by atoms with Gasteiger partial charge in [0.15, 0.2) is 11.6 Å². The molecule has 5 nitrogen and oxygen atoms in total. The Balaban J connectivity index is 2.77. The van der Waals surface area contributed by atoms with E-state index in [-0.39, 0.29) is 11.5 Å². The maximum atomic E-state index is 12.5. The molecule has 0 aromatic heterocycles. The number of ketones is 2. The van der Waals surface area contributed by atoms with Crippen LogP contribution in [0.2, 0.25) is 0 Å². The summed E-state index contributed by atoms with van der Waals surface area (Å²) in [6.45, 7) is 7.27. The highest BCUT2D eigenvalue weighted by Gasteiger charge is 2.44. The SMILES string of the molecule is CCCCCCC/C=C/C(=O)N1C(O)=C(C(C)=O)C(=O)C1CC(C)C. The van der Waals surface area contributed by atoms with E-state index in [1.54, 1.807) is 6.08 Å². The number of Topliss-reactive ketones (excluding diaryl/α,β-unsaturated/α-hetero) is 2. The number of aliphatic hydroxyl groups excluding tert-OH is 1. The molecule has 1 atom stereocenters. The molecular formula is C20H31NO4. The molecule has 0 bridgehead atoms. The Morgan fingerprint density at radius 3 is 2.40 bits per heavy atom. The van der Waals surface area contributed by atoms with Crippen LogP contribution in [0.25, 0.3) is 0 Å². The second-order valence-electron chi connectivity index (χ2n) is 7.08. The van der Waals surface area contributed by atoms with Crippen LogP contribution in [0.15, 0.2) is 23.6 Å². The largest absolute Gasteiger partial charge is 0.494 e. The van der Waals surface area contributed by atoms with Gasteiger partial charge in [-0.15, -0.1) is 0 Å². The van der Waals surface area contributed by atoms with Crippen LogP contribution in [0.5, 0.6) is 0 Å². The molecule has 0 saturated heterocycles. The average Bonchev–Trinajstić information content (AvgIpc) is 2.76. The monoisotopic (exact) mass is 349 g/mol. The molecule has 1 amide bonds. The van der Waals surface area contributed by atoms with E-state index in [1.165, 1.54) is 32.3 Å². The second kappa shape index (κ2) is 10.2. The lowest BCUT2D eigenvalue weighted by molar-refractivity contribution is -0.132. The normalized spacial score (nSPS) is 18.0. The summed E-state index contributed by atoms with van der Waals surface area (Å²) in [5.74, 6) is -1.75. The number of hydrogen-bond donors (Lipinski definition) is 1. The molecule has 1 unspecified atom stereocenters. The Morgan fingerprint density at radius 1 is 1.20 bits per heavy atom. The third kappa shape index (κ3) is 5.83. The molecular weight excluding hydrogens is 318 g/mol.